The summed E-state index contributed by atoms with van der Waals surface area (Å²) < 4.78 is 6.29. The molecular weight excluding hydrogens is 276 g/mol. The molecule has 2 rings (SSSR count). The van der Waals surface area contributed by atoms with Crippen LogP contribution in [0, 0.1) is 0 Å². The van der Waals surface area contributed by atoms with Gasteiger partial charge in [-0.25, -0.2) is 0 Å². The summed E-state index contributed by atoms with van der Waals surface area (Å²) in [5, 5.41) is 9.47. The average molecular weight is 301 g/mol. The van der Waals surface area contributed by atoms with Crippen LogP contribution in [-0.4, -0.2) is 24.8 Å². The summed E-state index contributed by atoms with van der Waals surface area (Å²) in [6.45, 7) is 6.10. The van der Waals surface area contributed by atoms with Gasteiger partial charge in [0.1, 0.15) is 17.1 Å². The molecule has 1 atom stereocenters. The molecule has 0 aromatic heterocycles. The van der Waals surface area contributed by atoms with Gasteiger partial charge in [-0.15, -0.1) is 0 Å². The first-order valence-corrected chi connectivity index (χ1v) is 7.39. The van der Waals surface area contributed by atoms with E-state index in [1.165, 1.54) is 0 Å². The standard InChI is InChI=1S/C18H24N2O2/c1-18(2,3)22-17-12-8-15(9-13-17)20(5,19-4)14-6-10-16(21)11-7-14/h6-13,19H,1-5H3/p+1. The van der Waals surface area contributed by atoms with Gasteiger partial charge in [-0.3, -0.25) is 0 Å². The maximum atomic E-state index is 9.47. The van der Waals surface area contributed by atoms with Crippen molar-refractivity contribution in [1.82, 2.24) is 10.0 Å². The fraction of sp³-hybridized carbons (Fsp3) is 0.333. The van der Waals surface area contributed by atoms with Gasteiger partial charge in [0.05, 0.1) is 7.05 Å². The molecule has 0 fully saturated rings. The van der Waals surface area contributed by atoms with Crippen molar-refractivity contribution < 1.29 is 9.84 Å². The lowest BCUT2D eigenvalue weighted by Crippen LogP contribution is -2.49. The molecule has 0 radical (unpaired) electrons. The minimum absolute atomic E-state index is 0.209. The molecule has 0 aliphatic rings. The Kier molecular flexibility index (Phi) is 4.44. The van der Waals surface area contributed by atoms with E-state index in [2.05, 4.69) is 12.5 Å². The fourth-order valence-corrected chi connectivity index (χ4v) is 2.32. The lowest BCUT2D eigenvalue weighted by atomic mass is 10.2. The van der Waals surface area contributed by atoms with Crippen molar-refractivity contribution in [3.05, 3.63) is 48.5 Å². The number of hydrogen-bond donors (Lipinski definition) is 2. The van der Waals surface area contributed by atoms with Gasteiger partial charge >= 0.3 is 0 Å². The quantitative estimate of drug-likeness (QED) is 0.663. The summed E-state index contributed by atoms with van der Waals surface area (Å²) in [5.41, 5.74) is 5.21. The van der Waals surface area contributed by atoms with E-state index < -0.39 is 0 Å². The van der Waals surface area contributed by atoms with Crippen molar-refractivity contribution in [3.8, 4) is 11.5 Å². The minimum Gasteiger partial charge on any atom is -0.508 e. The molecule has 4 nitrogen and oxygen atoms in total. The summed E-state index contributed by atoms with van der Waals surface area (Å²) in [7, 11) is 3.97. The second-order valence-electron chi connectivity index (χ2n) is 6.45. The number of phenols is 1. The zero-order valence-electron chi connectivity index (χ0n) is 13.9. The number of benzene rings is 2. The van der Waals surface area contributed by atoms with Crippen LogP contribution in [0.25, 0.3) is 0 Å². The molecule has 0 bridgehead atoms. The molecule has 0 saturated carbocycles. The molecular formula is C18H25N2O2+. The molecule has 2 N–H and O–H groups in total. The Morgan fingerprint density at radius 1 is 0.909 bits per heavy atom. The predicted octanol–water partition coefficient (Wildman–Crippen LogP) is 3.97. The van der Waals surface area contributed by atoms with Crippen LogP contribution in [0.4, 0.5) is 11.4 Å². The third kappa shape index (κ3) is 3.59. The zero-order chi connectivity index (χ0) is 16.4. The molecule has 0 aliphatic heterocycles. The smallest absolute Gasteiger partial charge is 0.157 e. The highest BCUT2D eigenvalue weighted by atomic mass is 16.5. The molecule has 0 aliphatic carbocycles. The minimum atomic E-state index is -0.209. The Hall–Kier alpha value is -2.04. The number of phenolic OH excluding ortho intramolecular Hbond substituents is 1. The van der Waals surface area contributed by atoms with Gasteiger partial charge < -0.3 is 9.84 Å². The van der Waals surface area contributed by atoms with Crippen LogP contribution in [0.2, 0.25) is 0 Å². The number of hydrogen-bond acceptors (Lipinski definition) is 3. The number of ether oxygens (including phenoxy) is 1. The molecule has 4 heteroatoms. The van der Waals surface area contributed by atoms with Gasteiger partial charge in [-0.1, -0.05) is 0 Å². The van der Waals surface area contributed by atoms with Crippen molar-refractivity contribution in [2.24, 2.45) is 0 Å². The fourth-order valence-electron chi connectivity index (χ4n) is 2.32. The molecule has 0 heterocycles. The lowest BCUT2D eigenvalue weighted by molar-refractivity contribution is 0.131. The van der Waals surface area contributed by atoms with E-state index in [0.717, 1.165) is 17.1 Å². The van der Waals surface area contributed by atoms with E-state index in [1.807, 2.05) is 64.2 Å². The molecule has 22 heavy (non-hydrogen) atoms. The molecule has 1 unspecified atom stereocenters. The van der Waals surface area contributed by atoms with Gasteiger partial charge in [-0.2, -0.15) is 10.0 Å². The van der Waals surface area contributed by atoms with Crippen LogP contribution in [0.3, 0.4) is 0 Å². The maximum absolute atomic E-state index is 9.47. The van der Waals surface area contributed by atoms with Gasteiger partial charge in [0.15, 0.2) is 11.4 Å². The van der Waals surface area contributed by atoms with Crippen molar-refractivity contribution >= 4 is 11.4 Å². The normalized spacial score (nSPS) is 14.4. The molecule has 2 aromatic rings. The molecule has 0 saturated heterocycles. The Morgan fingerprint density at radius 2 is 1.36 bits per heavy atom. The van der Waals surface area contributed by atoms with Crippen LogP contribution in [0.5, 0.6) is 11.5 Å². The number of nitrogens with zero attached hydrogens (tertiary/aromatic N) is 1. The number of quaternary nitrogens is 1. The first kappa shape index (κ1) is 16.3. The average Bonchev–Trinajstić information content (AvgIpc) is 2.46. The first-order chi connectivity index (χ1) is 10.2. The second-order valence-corrected chi connectivity index (χ2v) is 6.45. The van der Waals surface area contributed by atoms with Crippen LogP contribution in [0.15, 0.2) is 48.5 Å². The summed E-state index contributed by atoms with van der Waals surface area (Å²) in [5.74, 6) is 1.12. The number of aromatic hydroxyl groups is 1. The van der Waals surface area contributed by atoms with Crippen molar-refractivity contribution in [3.63, 3.8) is 0 Å². The highest BCUT2D eigenvalue weighted by Crippen LogP contribution is 2.32. The topological polar surface area (TPSA) is 41.5 Å². The van der Waals surface area contributed by atoms with Gasteiger partial charge in [-0.05, 0) is 45.0 Å². The van der Waals surface area contributed by atoms with Gasteiger partial charge in [0.2, 0.25) is 0 Å². The van der Waals surface area contributed by atoms with E-state index >= 15 is 0 Å². The van der Waals surface area contributed by atoms with Crippen LogP contribution < -0.4 is 14.8 Å². The Labute approximate surface area is 132 Å². The summed E-state index contributed by atoms with van der Waals surface area (Å²) in [6, 6.07) is 15.3. The third-order valence-electron chi connectivity index (χ3n) is 3.59. The SMILES string of the molecule is CN[N+](C)(c1ccc(O)cc1)c1ccc(OC(C)(C)C)cc1. The second kappa shape index (κ2) is 5.99. The monoisotopic (exact) mass is 301 g/mol. The van der Waals surface area contributed by atoms with Crippen molar-refractivity contribution in [2.75, 3.05) is 14.1 Å². The Bertz CT molecular complexity index is 615. The molecule has 118 valence electrons. The van der Waals surface area contributed by atoms with E-state index in [4.69, 9.17) is 4.74 Å². The van der Waals surface area contributed by atoms with E-state index in [1.54, 1.807) is 12.1 Å². The van der Waals surface area contributed by atoms with Crippen molar-refractivity contribution in [2.45, 2.75) is 26.4 Å². The van der Waals surface area contributed by atoms with E-state index in [-0.39, 0.29) is 11.4 Å². The van der Waals surface area contributed by atoms with Crippen LogP contribution >= 0.6 is 0 Å². The van der Waals surface area contributed by atoms with Crippen LogP contribution in [0.1, 0.15) is 20.8 Å². The number of rotatable bonds is 4. The molecule has 0 amide bonds. The molecule has 2 aromatic carbocycles. The number of nitrogens with one attached hydrogen (secondary N) is 1. The zero-order valence-corrected chi connectivity index (χ0v) is 13.9. The Morgan fingerprint density at radius 3 is 1.77 bits per heavy atom. The van der Waals surface area contributed by atoms with Gasteiger partial charge in [0, 0.05) is 31.3 Å². The third-order valence-corrected chi connectivity index (χ3v) is 3.59. The van der Waals surface area contributed by atoms with E-state index in [0.29, 0.717) is 4.59 Å². The first-order valence-electron chi connectivity index (χ1n) is 7.39. The largest absolute Gasteiger partial charge is 0.508 e. The Balaban J connectivity index is 2.33. The summed E-state index contributed by atoms with van der Waals surface area (Å²) in [6.07, 6.45) is 0. The lowest BCUT2D eigenvalue weighted by Gasteiger charge is -2.32. The highest BCUT2D eigenvalue weighted by Gasteiger charge is 2.27. The molecule has 0 spiro atoms. The maximum Gasteiger partial charge on any atom is 0.157 e. The van der Waals surface area contributed by atoms with E-state index in [9.17, 15) is 5.11 Å². The van der Waals surface area contributed by atoms with Gasteiger partial charge in [0.25, 0.3) is 0 Å². The summed E-state index contributed by atoms with van der Waals surface area (Å²) in [4.78, 5) is 0. The summed E-state index contributed by atoms with van der Waals surface area (Å²) >= 11 is 0. The predicted molar refractivity (Wildman–Crippen MR) is 91.4 cm³/mol. The van der Waals surface area contributed by atoms with Crippen LogP contribution in [-0.2, 0) is 0 Å². The van der Waals surface area contributed by atoms with Crippen molar-refractivity contribution in [1.29, 1.82) is 0 Å². The highest BCUT2D eigenvalue weighted by molar-refractivity contribution is 5.58.